The molecule has 7 heteroatoms. The molecule has 3 heterocycles. The minimum absolute atomic E-state index is 0.141. The van der Waals surface area contributed by atoms with Crippen LogP contribution in [0.1, 0.15) is 16.8 Å². The summed E-state index contributed by atoms with van der Waals surface area (Å²) in [6, 6.07) is 10.1. The average Bonchev–Trinajstić information content (AvgIpc) is 3.04. The SMILES string of the molecule is Nc1nc2c(c(=O)[nH]1)CN(Cc1cn[nH]c1-c1ccccc1)CC2. The maximum absolute atomic E-state index is 12.1. The Morgan fingerprint density at radius 1 is 1.25 bits per heavy atom. The van der Waals surface area contributed by atoms with Crippen LogP contribution in [0.15, 0.2) is 41.3 Å². The largest absolute Gasteiger partial charge is 0.369 e. The summed E-state index contributed by atoms with van der Waals surface area (Å²) < 4.78 is 0. The Balaban J connectivity index is 1.58. The molecule has 1 aliphatic heterocycles. The summed E-state index contributed by atoms with van der Waals surface area (Å²) in [5.41, 5.74) is 10.2. The zero-order valence-electron chi connectivity index (χ0n) is 13.1. The fourth-order valence-corrected chi connectivity index (χ4v) is 3.16. The Morgan fingerprint density at radius 3 is 2.92 bits per heavy atom. The first-order valence-corrected chi connectivity index (χ1v) is 7.88. The van der Waals surface area contributed by atoms with E-state index >= 15 is 0 Å². The molecule has 0 saturated heterocycles. The minimum Gasteiger partial charge on any atom is -0.369 e. The lowest BCUT2D eigenvalue weighted by Crippen LogP contribution is -2.35. The molecular formula is C17H18N6O. The van der Waals surface area contributed by atoms with Gasteiger partial charge in [0.25, 0.3) is 5.56 Å². The number of fused-ring (bicyclic) bond motifs is 1. The number of H-pyrrole nitrogens is 2. The van der Waals surface area contributed by atoms with Crippen LogP contribution >= 0.6 is 0 Å². The molecular weight excluding hydrogens is 304 g/mol. The summed E-state index contributed by atoms with van der Waals surface area (Å²) in [5, 5.41) is 7.27. The topological polar surface area (TPSA) is 104 Å². The molecule has 2 aromatic heterocycles. The summed E-state index contributed by atoms with van der Waals surface area (Å²) in [4.78, 5) is 21.2. The second-order valence-electron chi connectivity index (χ2n) is 5.97. The predicted molar refractivity (Wildman–Crippen MR) is 91.1 cm³/mol. The molecule has 0 fully saturated rings. The van der Waals surface area contributed by atoms with Gasteiger partial charge in [0.05, 0.1) is 23.1 Å². The molecule has 1 aliphatic rings. The van der Waals surface area contributed by atoms with Crippen molar-refractivity contribution in [3.05, 3.63) is 63.7 Å². The second-order valence-corrected chi connectivity index (χ2v) is 5.97. The summed E-state index contributed by atoms with van der Waals surface area (Å²) in [6.45, 7) is 2.13. The number of benzene rings is 1. The third-order valence-corrected chi connectivity index (χ3v) is 4.34. The molecule has 0 aliphatic carbocycles. The molecule has 4 N–H and O–H groups in total. The number of anilines is 1. The number of nitrogens with zero attached hydrogens (tertiary/aromatic N) is 3. The molecule has 3 aromatic rings. The highest BCUT2D eigenvalue weighted by Gasteiger charge is 2.22. The van der Waals surface area contributed by atoms with Crippen LogP contribution < -0.4 is 11.3 Å². The maximum Gasteiger partial charge on any atom is 0.257 e. The third-order valence-electron chi connectivity index (χ3n) is 4.34. The summed E-state index contributed by atoms with van der Waals surface area (Å²) in [7, 11) is 0. The number of nitrogens with two attached hydrogens (primary N) is 1. The van der Waals surface area contributed by atoms with Crippen molar-refractivity contribution < 1.29 is 0 Å². The Hall–Kier alpha value is -2.93. The van der Waals surface area contributed by atoms with Gasteiger partial charge >= 0.3 is 0 Å². The van der Waals surface area contributed by atoms with Crippen molar-refractivity contribution in [2.75, 3.05) is 12.3 Å². The molecule has 24 heavy (non-hydrogen) atoms. The molecule has 7 nitrogen and oxygen atoms in total. The number of nitrogen functional groups attached to an aromatic ring is 1. The van der Waals surface area contributed by atoms with Crippen LogP contribution in [-0.2, 0) is 19.5 Å². The number of aromatic amines is 2. The minimum atomic E-state index is -0.141. The molecule has 1 aromatic carbocycles. The van der Waals surface area contributed by atoms with Gasteiger partial charge in [-0.2, -0.15) is 5.10 Å². The van der Waals surface area contributed by atoms with E-state index < -0.39 is 0 Å². The molecule has 0 amide bonds. The number of hydrogen-bond donors (Lipinski definition) is 3. The van der Waals surface area contributed by atoms with E-state index in [0.717, 1.165) is 42.0 Å². The average molecular weight is 322 g/mol. The highest BCUT2D eigenvalue weighted by atomic mass is 16.1. The normalized spacial score (nSPS) is 14.5. The van der Waals surface area contributed by atoms with Crippen molar-refractivity contribution in [3.63, 3.8) is 0 Å². The van der Waals surface area contributed by atoms with Gasteiger partial charge in [-0.05, 0) is 5.56 Å². The second kappa shape index (κ2) is 5.93. The smallest absolute Gasteiger partial charge is 0.257 e. The first-order chi connectivity index (χ1) is 11.7. The van der Waals surface area contributed by atoms with Crippen molar-refractivity contribution in [1.82, 2.24) is 25.1 Å². The van der Waals surface area contributed by atoms with E-state index in [4.69, 9.17) is 5.73 Å². The van der Waals surface area contributed by atoms with Gasteiger partial charge in [-0.3, -0.25) is 19.8 Å². The van der Waals surface area contributed by atoms with Gasteiger partial charge < -0.3 is 5.73 Å². The highest BCUT2D eigenvalue weighted by molar-refractivity contribution is 5.62. The molecule has 0 atom stereocenters. The molecule has 0 radical (unpaired) electrons. The van der Waals surface area contributed by atoms with E-state index in [-0.39, 0.29) is 11.5 Å². The number of nitrogens with one attached hydrogen (secondary N) is 2. The fraction of sp³-hybridized carbons (Fsp3) is 0.235. The summed E-state index contributed by atoms with van der Waals surface area (Å²) >= 11 is 0. The molecule has 0 saturated carbocycles. The van der Waals surface area contributed by atoms with Crippen LogP contribution in [-0.4, -0.2) is 31.6 Å². The van der Waals surface area contributed by atoms with Gasteiger partial charge in [-0.15, -0.1) is 0 Å². The van der Waals surface area contributed by atoms with Crippen LogP contribution in [0.2, 0.25) is 0 Å². The Labute approximate surface area is 138 Å². The Morgan fingerprint density at radius 2 is 2.08 bits per heavy atom. The molecule has 122 valence electrons. The van der Waals surface area contributed by atoms with Crippen LogP contribution in [0.5, 0.6) is 0 Å². The molecule has 0 bridgehead atoms. The maximum atomic E-state index is 12.1. The van der Waals surface area contributed by atoms with E-state index in [1.165, 1.54) is 0 Å². The van der Waals surface area contributed by atoms with Crippen LogP contribution in [0.3, 0.4) is 0 Å². The molecule has 4 rings (SSSR count). The summed E-state index contributed by atoms with van der Waals surface area (Å²) in [5.74, 6) is 0.188. The quantitative estimate of drug-likeness (QED) is 0.674. The Bertz CT molecular complexity index is 914. The van der Waals surface area contributed by atoms with Gasteiger partial charge in [0, 0.05) is 31.6 Å². The van der Waals surface area contributed by atoms with E-state index in [2.05, 4.69) is 37.2 Å². The number of hydrogen-bond acceptors (Lipinski definition) is 5. The summed E-state index contributed by atoms with van der Waals surface area (Å²) in [6.07, 6.45) is 2.57. The van der Waals surface area contributed by atoms with E-state index in [9.17, 15) is 4.79 Å². The van der Waals surface area contributed by atoms with Crippen LogP contribution in [0.4, 0.5) is 5.95 Å². The zero-order valence-corrected chi connectivity index (χ0v) is 13.1. The van der Waals surface area contributed by atoms with Crippen molar-refractivity contribution >= 4 is 5.95 Å². The molecule has 0 spiro atoms. The highest BCUT2D eigenvalue weighted by Crippen LogP contribution is 2.24. The van der Waals surface area contributed by atoms with Crippen LogP contribution in [0.25, 0.3) is 11.3 Å². The van der Waals surface area contributed by atoms with Crippen molar-refractivity contribution in [2.24, 2.45) is 0 Å². The first kappa shape index (κ1) is 14.6. The van der Waals surface area contributed by atoms with Crippen LogP contribution in [0, 0.1) is 0 Å². The fourth-order valence-electron chi connectivity index (χ4n) is 3.16. The lowest BCUT2D eigenvalue weighted by Gasteiger charge is -2.27. The predicted octanol–water partition coefficient (Wildman–Crippen LogP) is 1.30. The monoisotopic (exact) mass is 322 g/mol. The Kier molecular flexibility index (Phi) is 3.62. The number of aromatic nitrogens is 4. The van der Waals surface area contributed by atoms with E-state index in [0.29, 0.717) is 12.1 Å². The van der Waals surface area contributed by atoms with Crippen molar-refractivity contribution in [3.8, 4) is 11.3 Å². The third kappa shape index (κ3) is 2.69. The standard InChI is InChI=1S/C17H18N6O/c18-17-20-14-6-7-23(10-13(14)16(24)21-17)9-12-8-19-22-15(12)11-4-2-1-3-5-11/h1-5,8H,6-7,9-10H2,(H,19,22)(H3,18,20,21,24). The van der Waals surface area contributed by atoms with Gasteiger partial charge in [-0.1, -0.05) is 30.3 Å². The molecule has 0 unspecified atom stereocenters. The van der Waals surface area contributed by atoms with E-state index in [1.54, 1.807) is 0 Å². The van der Waals surface area contributed by atoms with Crippen molar-refractivity contribution in [1.29, 1.82) is 0 Å². The van der Waals surface area contributed by atoms with Gasteiger partial charge in [-0.25, -0.2) is 4.98 Å². The van der Waals surface area contributed by atoms with Crippen molar-refractivity contribution in [2.45, 2.75) is 19.5 Å². The number of rotatable bonds is 3. The zero-order chi connectivity index (χ0) is 16.5. The lowest BCUT2D eigenvalue weighted by molar-refractivity contribution is 0.242. The van der Waals surface area contributed by atoms with Gasteiger partial charge in [0.15, 0.2) is 0 Å². The lowest BCUT2D eigenvalue weighted by atomic mass is 10.0. The van der Waals surface area contributed by atoms with Gasteiger partial charge in [0.1, 0.15) is 0 Å². The van der Waals surface area contributed by atoms with Gasteiger partial charge in [0.2, 0.25) is 5.95 Å². The van der Waals surface area contributed by atoms with E-state index in [1.807, 2.05) is 24.4 Å². The first-order valence-electron chi connectivity index (χ1n) is 7.88.